The standard InChI is InChI=1S/C29H34N6O8/c30-19(14-25(37)38)26(39)33-21(10-11-24(31)36)27(40)34-22(13-17-15-32-20-9-5-4-8-18(17)20)28(41)35-23(29(42)43)12-16-6-2-1-3-7-16/h1-9,15,19,21-23,32H,10-14,30H2,(H2,31,36)(H,33,39)(H,34,40)(H,35,41)(H,37,38)(H,42,43). The number of carbonyl (C=O) groups is 6. The zero-order valence-electron chi connectivity index (χ0n) is 23.1. The Hall–Kier alpha value is -5.24. The SMILES string of the molecule is NC(=O)CCC(NC(=O)C(N)CC(=O)O)C(=O)NC(Cc1c[nH]c2ccccc12)C(=O)NC(Cc1ccccc1)C(=O)O. The first kappa shape index (κ1) is 32.3. The van der Waals surface area contributed by atoms with Crippen LogP contribution in [0.15, 0.2) is 60.8 Å². The van der Waals surface area contributed by atoms with E-state index in [0.717, 1.165) is 10.9 Å². The molecule has 14 nitrogen and oxygen atoms in total. The Morgan fingerprint density at radius 3 is 2.02 bits per heavy atom. The van der Waals surface area contributed by atoms with E-state index in [4.69, 9.17) is 16.6 Å². The molecule has 1 aromatic heterocycles. The average Bonchev–Trinajstić information content (AvgIpc) is 3.37. The highest BCUT2D eigenvalue weighted by Crippen LogP contribution is 2.19. The summed E-state index contributed by atoms with van der Waals surface area (Å²) in [7, 11) is 0. The lowest BCUT2D eigenvalue weighted by Crippen LogP contribution is -2.58. The number of carbonyl (C=O) groups excluding carboxylic acids is 4. The number of para-hydroxylation sites is 1. The number of aliphatic carboxylic acids is 2. The quantitative estimate of drug-likeness (QED) is 0.107. The minimum atomic E-state index is -1.49. The fourth-order valence-electron chi connectivity index (χ4n) is 4.44. The maximum absolute atomic E-state index is 13.5. The summed E-state index contributed by atoms with van der Waals surface area (Å²) in [6, 6.07) is 10.4. The Balaban J connectivity index is 1.87. The smallest absolute Gasteiger partial charge is 0.326 e. The molecule has 0 spiro atoms. The maximum atomic E-state index is 13.5. The van der Waals surface area contributed by atoms with Crippen molar-refractivity contribution < 1.29 is 39.0 Å². The predicted molar refractivity (Wildman–Crippen MR) is 154 cm³/mol. The summed E-state index contributed by atoms with van der Waals surface area (Å²) in [5.74, 6) is -6.02. The minimum Gasteiger partial charge on any atom is -0.481 e. The van der Waals surface area contributed by atoms with E-state index in [-0.39, 0.29) is 25.7 Å². The van der Waals surface area contributed by atoms with Gasteiger partial charge in [-0.1, -0.05) is 48.5 Å². The molecule has 1 heterocycles. The summed E-state index contributed by atoms with van der Waals surface area (Å²) in [6.07, 6.45) is 0.291. The number of nitrogens with two attached hydrogens (primary N) is 2. The van der Waals surface area contributed by atoms with E-state index < -0.39 is 66.2 Å². The second-order valence-corrected chi connectivity index (χ2v) is 9.98. The van der Waals surface area contributed by atoms with Gasteiger partial charge in [-0.25, -0.2) is 4.79 Å². The molecule has 0 fully saturated rings. The van der Waals surface area contributed by atoms with Gasteiger partial charge in [-0.3, -0.25) is 24.0 Å². The van der Waals surface area contributed by atoms with Gasteiger partial charge < -0.3 is 42.6 Å². The molecule has 4 unspecified atom stereocenters. The Bertz CT molecular complexity index is 1470. The Morgan fingerprint density at radius 2 is 1.37 bits per heavy atom. The number of aromatic amines is 1. The molecular formula is C29H34N6O8. The van der Waals surface area contributed by atoms with Gasteiger partial charge >= 0.3 is 11.9 Å². The Morgan fingerprint density at radius 1 is 0.767 bits per heavy atom. The summed E-state index contributed by atoms with van der Waals surface area (Å²) in [5.41, 5.74) is 12.9. The van der Waals surface area contributed by atoms with Crippen LogP contribution in [0.5, 0.6) is 0 Å². The predicted octanol–water partition coefficient (Wildman–Crippen LogP) is -0.440. The Kier molecular flexibility index (Phi) is 11.3. The van der Waals surface area contributed by atoms with E-state index in [0.29, 0.717) is 11.1 Å². The van der Waals surface area contributed by atoms with E-state index in [1.165, 1.54) is 0 Å². The molecule has 2 aromatic carbocycles. The summed E-state index contributed by atoms with van der Waals surface area (Å²) < 4.78 is 0. The third-order valence-corrected chi connectivity index (χ3v) is 6.67. The number of hydrogen-bond donors (Lipinski definition) is 8. The van der Waals surface area contributed by atoms with Crippen molar-refractivity contribution in [1.29, 1.82) is 0 Å². The number of hydrogen-bond acceptors (Lipinski definition) is 7. The van der Waals surface area contributed by atoms with E-state index >= 15 is 0 Å². The van der Waals surface area contributed by atoms with Gasteiger partial charge in [0.25, 0.3) is 0 Å². The highest BCUT2D eigenvalue weighted by atomic mass is 16.4. The summed E-state index contributed by atoms with van der Waals surface area (Å²) in [6.45, 7) is 0. The fourth-order valence-corrected chi connectivity index (χ4v) is 4.44. The van der Waals surface area contributed by atoms with Crippen molar-refractivity contribution in [3.63, 3.8) is 0 Å². The highest BCUT2D eigenvalue weighted by molar-refractivity contribution is 5.95. The van der Waals surface area contributed by atoms with Gasteiger partial charge in [-0.2, -0.15) is 0 Å². The van der Waals surface area contributed by atoms with Gasteiger partial charge in [0.1, 0.15) is 18.1 Å². The van der Waals surface area contributed by atoms with Crippen LogP contribution >= 0.6 is 0 Å². The van der Waals surface area contributed by atoms with Crippen molar-refractivity contribution in [3.05, 3.63) is 71.9 Å². The van der Waals surface area contributed by atoms with Crippen molar-refractivity contribution in [2.24, 2.45) is 11.5 Å². The molecule has 10 N–H and O–H groups in total. The topological polar surface area (TPSA) is 247 Å². The van der Waals surface area contributed by atoms with E-state index in [9.17, 15) is 33.9 Å². The first-order valence-electron chi connectivity index (χ1n) is 13.4. The van der Waals surface area contributed by atoms with Crippen molar-refractivity contribution in [3.8, 4) is 0 Å². The first-order valence-corrected chi connectivity index (χ1v) is 13.4. The molecule has 0 aliphatic heterocycles. The number of benzene rings is 2. The number of fused-ring (bicyclic) bond motifs is 1. The van der Waals surface area contributed by atoms with E-state index in [1.807, 2.05) is 18.2 Å². The Labute approximate surface area is 246 Å². The molecule has 228 valence electrons. The lowest BCUT2D eigenvalue weighted by molar-refractivity contribution is -0.142. The molecule has 0 radical (unpaired) electrons. The average molecular weight is 595 g/mol. The third-order valence-electron chi connectivity index (χ3n) is 6.67. The van der Waals surface area contributed by atoms with Gasteiger partial charge in [-0.15, -0.1) is 0 Å². The number of aromatic nitrogens is 1. The summed E-state index contributed by atoms with van der Waals surface area (Å²) >= 11 is 0. The largest absolute Gasteiger partial charge is 0.481 e. The van der Waals surface area contributed by atoms with Crippen LogP contribution in [0.25, 0.3) is 10.9 Å². The molecule has 4 atom stereocenters. The fraction of sp³-hybridized carbons (Fsp3) is 0.310. The molecule has 0 saturated carbocycles. The maximum Gasteiger partial charge on any atom is 0.326 e. The molecule has 43 heavy (non-hydrogen) atoms. The van der Waals surface area contributed by atoms with Crippen LogP contribution < -0.4 is 27.4 Å². The lowest BCUT2D eigenvalue weighted by Gasteiger charge is -2.25. The third kappa shape index (κ3) is 9.67. The van der Waals surface area contributed by atoms with Gasteiger partial charge in [-0.05, 0) is 23.6 Å². The second-order valence-electron chi connectivity index (χ2n) is 9.98. The number of amides is 4. The minimum absolute atomic E-state index is 0.0194. The van der Waals surface area contributed by atoms with Crippen LogP contribution in [0.3, 0.4) is 0 Å². The van der Waals surface area contributed by atoms with Crippen LogP contribution in [0.1, 0.15) is 30.4 Å². The molecule has 3 rings (SSSR count). The number of rotatable bonds is 16. The van der Waals surface area contributed by atoms with Crippen LogP contribution in [0.2, 0.25) is 0 Å². The zero-order chi connectivity index (χ0) is 31.5. The normalized spacial score (nSPS) is 13.7. The van der Waals surface area contributed by atoms with E-state index in [1.54, 1.807) is 42.6 Å². The molecule has 0 saturated heterocycles. The number of H-pyrrole nitrogens is 1. The first-order chi connectivity index (χ1) is 20.4. The van der Waals surface area contributed by atoms with Gasteiger partial charge in [0.2, 0.25) is 23.6 Å². The molecule has 0 aliphatic carbocycles. The lowest BCUT2D eigenvalue weighted by atomic mass is 10.0. The number of carboxylic acids is 2. The molecular weight excluding hydrogens is 560 g/mol. The molecule has 0 aliphatic rings. The van der Waals surface area contributed by atoms with Gasteiger partial charge in [0.05, 0.1) is 12.5 Å². The molecule has 14 heteroatoms. The van der Waals surface area contributed by atoms with Crippen LogP contribution in [-0.2, 0) is 41.6 Å². The number of nitrogens with one attached hydrogen (secondary N) is 4. The molecule has 3 aromatic rings. The van der Waals surface area contributed by atoms with Gasteiger partial charge in [0.15, 0.2) is 0 Å². The van der Waals surface area contributed by atoms with Crippen molar-refractivity contribution in [2.45, 2.75) is 56.3 Å². The summed E-state index contributed by atoms with van der Waals surface area (Å²) in [4.78, 5) is 77.0. The van der Waals surface area contributed by atoms with E-state index in [2.05, 4.69) is 20.9 Å². The number of primary amides is 1. The van der Waals surface area contributed by atoms with Crippen molar-refractivity contribution in [2.75, 3.05) is 0 Å². The van der Waals surface area contributed by atoms with Gasteiger partial charge in [0, 0.05) is 36.4 Å². The second kappa shape index (κ2) is 15.1. The summed E-state index contributed by atoms with van der Waals surface area (Å²) in [5, 5.41) is 26.9. The van der Waals surface area contributed by atoms with Crippen LogP contribution in [-0.4, -0.2) is 74.9 Å². The molecule has 4 amide bonds. The number of carboxylic acid groups (broad SMARTS) is 2. The highest BCUT2D eigenvalue weighted by Gasteiger charge is 2.31. The van der Waals surface area contributed by atoms with Crippen molar-refractivity contribution >= 4 is 46.5 Å². The molecule has 0 bridgehead atoms. The van der Waals surface area contributed by atoms with Crippen LogP contribution in [0, 0.1) is 0 Å². The zero-order valence-corrected chi connectivity index (χ0v) is 23.1. The monoisotopic (exact) mass is 594 g/mol. The van der Waals surface area contributed by atoms with Crippen LogP contribution in [0.4, 0.5) is 0 Å². The van der Waals surface area contributed by atoms with Crippen molar-refractivity contribution in [1.82, 2.24) is 20.9 Å².